The molecular formula is C18H30N2O. The molecule has 21 heavy (non-hydrogen) atoms. The number of benzene rings is 1. The summed E-state index contributed by atoms with van der Waals surface area (Å²) in [5, 5.41) is 3.59. The minimum Gasteiger partial charge on any atom is -0.492 e. The normalized spacial score (nSPS) is 18.6. The maximum Gasteiger partial charge on any atom is 0.119 e. The van der Waals surface area contributed by atoms with Gasteiger partial charge in [0.15, 0.2) is 0 Å². The molecule has 0 amide bonds. The maximum absolute atomic E-state index is 5.90. The van der Waals surface area contributed by atoms with Gasteiger partial charge in [0.25, 0.3) is 0 Å². The molecule has 3 heteroatoms. The summed E-state index contributed by atoms with van der Waals surface area (Å²) in [5.74, 6) is 1.68. The summed E-state index contributed by atoms with van der Waals surface area (Å²) >= 11 is 0. The molecular weight excluding hydrogens is 260 g/mol. The molecule has 0 bridgehead atoms. The zero-order valence-electron chi connectivity index (χ0n) is 13.8. The Kier molecular flexibility index (Phi) is 6.52. The number of nitrogens with zero attached hydrogens (tertiary/aromatic N) is 1. The van der Waals surface area contributed by atoms with Crippen molar-refractivity contribution in [2.75, 3.05) is 32.8 Å². The number of nitrogens with one attached hydrogen (secondary N) is 1. The van der Waals surface area contributed by atoms with Crippen molar-refractivity contribution < 1.29 is 4.74 Å². The molecule has 1 aromatic rings. The van der Waals surface area contributed by atoms with Crippen LogP contribution in [-0.4, -0.2) is 43.7 Å². The van der Waals surface area contributed by atoms with Crippen molar-refractivity contribution in [3.63, 3.8) is 0 Å². The quantitative estimate of drug-likeness (QED) is 0.796. The molecule has 1 aliphatic rings. The summed E-state index contributed by atoms with van der Waals surface area (Å²) in [6.45, 7) is 11.9. The summed E-state index contributed by atoms with van der Waals surface area (Å²) < 4.78 is 5.90. The Morgan fingerprint density at radius 3 is 2.90 bits per heavy atom. The lowest BCUT2D eigenvalue weighted by atomic mass is 10.1. The van der Waals surface area contributed by atoms with Crippen LogP contribution in [0.15, 0.2) is 24.3 Å². The summed E-state index contributed by atoms with van der Waals surface area (Å²) in [7, 11) is 0. The average molecular weight is 290 g/mol. The Labute approximate surface area is 129 Å². The standard InChI is InChI=1S/C18H30N2O/c1-15(2)13-20(14-17-7-5-9-19-17)10-11-21-18-8-4-6-16(3)12-18/h4,6,8,12,15,17,19H,5,7,9-11,13-14H2,1-3H3. The van der Waals surface area contributed by atoms with Crippen LogP contribution in [0.2, 0.25) is 0 Å². The molecule has 1 heterocycles. The van der Waals surface area contributed by atoms with E-state index in [0.717, 1.165) is 32.0 Å². The lowest BCUT2D eigenvalue weighted by Gasteiger charge is -2.27. The minimum absolute atomic E-state index is 0.669. The van der Waals surface area contributed by atoms with Gasteiger partial charge in [-0.3, -0.25) is 4.90 Å². The minimum atomic E-state index is 0.669. The molecule has 0 radical (unpaired) electrons. The van der Waals surface area contributed by atoms with Crippen molar-refractivity contribution in [1.82, 2.24) is 10.2 Å². The summed E-state index contributed by atoms with van der Waals surface area (Å²) in [5.41, 5.74) is 1.25. The zero-order valence-corrected chi connectivity index (χ0v) is 13.8. The molecule has 1 aromatic carbocycles. The first-order chi connectivity index (χ1) is 10.1. The Balaban J connectivity index is 1.77. The zero-order chi connectivity index (χ0) is 15.1. The highest BCUT2D eigenvalue weighted by Crippen LogP contribution is 2.13. The third kappa shape index (κ3) is 6.06. The van der Waals surface area contributed by atoms with Crippen LogP contribution >= 0.6 is 0 Å². The first-order valence-corrected chi connectivity index (χ1v) is 8.28. The van der Waals surface area contributed by atoms with Gasteiger partial charge >= 0.3 is 0 Å². The molecule has 118 valence electrons. The summed E-state index contributed by atoms with van der Waals surface area (Å²) in [4.78, 5) is 2.55. The van der Waals surface area contributed by atoms with Crippen molar-refractivity contribution in [3.05, 3.63) is 29.8 Å². The third-order valence-corrected chi connectivity index (χ3v) is 3.93. The molecule has 0 saturated carbocycles. The highest BCUT2D eigenvalue weighted by Gasteiger charge is 2.18. The fourth-order valence-electron chi connectivity index (χ4n) is 3.00. The monoisotopic (exact) mass is 290 g/mol. The number of hydrogen-bond acceptors (Lipinski definition) is 3. The molecule has 1 unspecified atom stereocenters. The highest BCUT2D eigenvalue weighted by molar-refractivity contribution is 5.27. The van der Waals surface area contributed by atoms with Gasteiger partial charge in [0, 0.05) is 25.7 Å². The maximum atomic E-state index is 5.90. The fraction of sp³-hybridized carbons (Fsp3) is 0.667. The largest absolute Gasteiger partial charge is 0.492 e. The van der Waals surface area contributed by atoms with Crippen LogP contribution in [0.1, 0.15) is 32.3 Å². The fourth-order valence-corrected chi connectivity index (χ4v) is 3.00. The van der Waals surface area contributed by atoms with Gasteiger partial charge in [0.2, 0.25) is 0 Å². The smallest absolute Gasteiger partial charge is 0.119 e. The number of ether oxygens (including phenoxy) is 1. The van der Waals surface area contributed by atoms with Crippen LogP contribution in [0.5, 0.6) is 5.75 Å². The van der Waals surface area contributed by atoms with Crippen LogP contribution < -0.4 is 10.1 Å². The van der Waals surface area contributed by atoms with E-state index in [4.69, 9.17) is 4.74 Å². The van der Waals surface area contributed by atoms with Crippen molar-refractivity contribution in [1.29, 1.82) is 0 Å². The Bertz CT molecular complexity index is 413. The van der Waals surface area contributed by atoms with Crippen LogP contribution in [0.3, 0.4) is 0 Å². The van der Waals surface area contributed by atoms with Crippen LogP contribution in [0.25, 0.3) is 0 Å². The average Bonchev–Trinajstić information content (AvgIpc) is 2.91. The van der Waals surface area contributed by atoms with E-state index in [1.54, 1.807) is 0 Å². The van der Waals surface area contributed by atoms with Crippen molar-refractivity contribution >= 4 is 0 Å². The van der Waals surface area contributed by atoms with Gasteiger partial charge in [-0.1, -0.05) is 26.0 Å². The second kappa shape index (κ2) is 8.40. The number of rotatable bonds is 8. The van der Waals surface area contributed by atoms with Crippen molar-refractivity contribution in [3.8, 4) is 5.75 Å². The molecule has 0 aliphatic carbocycles. The van der Waals surface area contributed by atoms with E-state index in [-0.39, 0.29) is 0 Å². The van der Waals surface area contributed by atoms with E-state index in [1.165, 1.54) is 24.9 Å². The van der Waals surface area contributed by atoms with E-state index in [0.29, 0.717) is 12.0 Å². The van der Waals surface area contributed by atoms with Gasteiger partial charge in [0.1, 0.15) is 12.4 Å². The predicted octanol–water partition coefficient (Wildman–Crippen LogP) is 3.08. The second-order valence-corrected chi connectivity index (χ2v) is 6.61. The summed E-state index contributed by atoms with van der Waals surface area (Å²) in [6.07, 6.45) is 2.63. The van der Waals surface area contributed by atoms with Crippen molar-refractivity contribution in [2.24, 2.45) is 5.92 Å². The van der Waals surface area contributed by atoms with E-state index >= 15 is 0 Å². The SMILES string of the molecule is Cc1cccc(OCCN(CC(C)C)CC2CCCN2)c1. The molecule has 0 aromatic heterocycles. The molecule has 3 nitrogen and oxygen atoms in total. The summed E-state index contributed by atoms with van der Waals surface area (Å²) in [6, 6.07) is 8.97. The van der Waals surface area contributed by atoms with Gasteiger partial charge in [-0.25, -0.2) is 0 Å². The lowest BCUT2D eigenvalue weighted by Crippen LogP contribution is -2.41. The topological polar surface area (TPSA) is 24.5 Å². The molecule has 1 aliphatic heterocycles. The predicted molar refractivity (Wildman–Crippen MR) is 89.0 cm³/mol. The Morgan fingerprint density at radius 2 is 2.24 bits per heavy atom. The first kappa shape index (κ1) is 16.3. The van der Waals surface area contributed by atoms with Gasteiger partial charge in [-0.05, 0) is 49.9 Å². The molecule has 1 fully saturated rings. The molecule has 1 saturated heterocycles. The molecule has 0 spiro atoms. The van der Waals surface area contributed by atoms with E-state index in [9.17, 15) is 0 Å². The second-order valence-electron chi connectivity index (χ2n) is 6.61. The Hall–Kier alpha value is -1.06. The van der Waals surface area contributed by atoms with E-state index in [2.05, 4.69) is 49.2 Å². The van der Waals surface area contributed by atoms with Crippen molar-refractivity contribution in [2.45, 2.75) is 39.7 Å². The van der Waals surface area contributed by atoms with Crippen LogP contribution in [0.4, 0.5) is 0 Å². The number of hydrogen-bond donors (Lipinski definition) is 1. The van der Waals surface area contributed by atoms with Gasteiger partial charge < -0.3 is 10.1 Å². The van der Waals surface area contributed by atoms with E-state index in [1.807, 2.05) is 6.07 Å². The van der Waals surface area contributed by atoms with Gasteiger partial charge in [-0.15, -0.1) is 0 Å². The third-order valence-electron chi connectivity index (χ3n) is 3.93. The van der Waals surface area contributed by atoms with Crippen LogP contribution in [0, 0.1) is 12.8 Å². The Morgan fingerprint density at radius 1 is 1.38 bits per heavy atom. The highest BCUT2D eigenvalue weighted by atomic mass is 16.5. The molecule has 1 atom stereocenters. The number of aryl methyl sites for hydroxylation is 1. The van der Waals surface area contributed by atoms with E-state index < -0.39 is 0 Å². The van der Waals surface area contributed by atoms with Gasteiger partial charge in [0.05, 0.1) is 0 Å². The van der Waals surface area contributed by atoms with Crippen LogP contribution in [-0.2, 0) is 0 Å². The molecule has 1 N–H and O–H groups in total. The molecule has 2 rings (SSSR count). The van der Waals surface area contributed by atoms with Gasteiger partial charge in [-0.2, -0.15) is 0 Å². The first-order valence-electron chi connectivity index (χ1n) is 8.28. The lowest BCUT2D eigenvalue weighted by molar-refractivity contribution is 0.181.